The van der Waals surface area contributed by atoms with Gasteiger partial charge in [0.05, 0.1) is 21.0 Å². The molecule has 3 nitrogen and oxygen atoms in total. The van der Waals surface area contributed by atoms with Gasteiger partial charge in [0.2, 0.25) is 9.05 Å². The molecule has 0 aliphatic carbocycles. The maximum Gasteiger partial charge on any atom is 0.236 e. The molecule has 0 aliphatic heterocycles. The number of nitrogens with zero attached hydrogens (tertiary/aromatic N) is 1. The number of rotatable bonds is 2. The predicted octanol–water partition coefficient (Wildman–Crippen LogP) is 3.66. The van der Waals surface area contributed by atoms with Crippen LogP contribution in [-0.2, 0) is 20.2 Å². The van der Waals surface area contributed by atoms with Gasteiger partial charge in [-0.3, -0.25) is 0 Å². The number of benzene rings is 1. The highest BCUT2D eigenvalue weighted by atomic mass is 35.7. The van der Waals surface area contributed by atoms with Crippen molar-refractivity contribution in [3.8, 4) is 0 Å². The standard InChI is InChI=1S/C12H14ClNO2S2/c1-12(2,3)11-14-9-5-4-8(6-10(9)17-11)7-18(13,15)16/h4-6H,7H2,1-3H3. The van der Waals surface area contributed by atoms with Gasteiger partial charge in [0, 0.05) is 16.1 Å². The van der Waals surface area contributed by atoms with Gasteiger partial charge < -0.3 is 0 Å². The molecule has 98 valence electrons. The molecule has 2 rings (SSSR count). The summed E-state index contributed by atoms with van der Waals surface area (Å²) in [7, 11) is 1.75. The lowest BCUT2D eigenvalue weighted by Gasteiger charge is -2.13. The van der Waals surface area contributed by atoms with Crippen molar-refractivity contribution in [1.82, 2.24) is 4.98 Å². The van der Waals surface area contributed by atoms with Gasteiger partial charge in [0.1, 0.15) is 0 Å². The third-order valence-electron chi connectivity index (χ3n) is 2.43. The van der Waals surface area contributed by atoms with Gasteiger partial charge in [0.25, 0.3) is 0 Å². The highest BCUT2D eigenvalue weighted by Crippen LogP contribution is 2.31. The van der Waals surface area contributed by atoms with E-state index in [1.807, 2.05) is 12.1 Å². The molecule has 0 unspecified atom stereocenters. The van der Waals surface area contributed by atoms with Gasteiger partial charge in [-0.1, -0.05) is 26.8 Å². The minimum Gasteiger partial charge on any atom is -0.241 e. The van der Waals surface area contributed by atoms with Crippen molar-refractivity contribution in [2.75, 3.05) is 0 Å². The van der Waals surface area contributed by atoms with E-state index in [2.05, 4.69) is 25.8 Å². The Labute approximate surface area is 115 Å². The van der Waals surface area contributed by atoms with Gasteiger partial charge in [-0.05, 0) is 17.7 Å². The van der Waals surface area contributed by atoms with Crippen LogP contribution in [0.5, 0.6) is 0 Å². The van der Waals surface area contributed by atoms with Crippen LogP contribution in [-0.4, -0.2) is 13.4 Å². The normalized spacial score (nSPS) is 13.1. The topological polar surface area (TPSA) is 47.0 Å². The third-order valence-corrected chi connectivity index (χ3v) is 4.88. The highest BCUT2D eigenvalue weighted by molar-refractivity contribution is 8.13. The van der Waals surface area contributed by atoms with E-state index < -0.39 is 9.05 Å². The first kappa shape index (κ1) is 13.8. The smallest absolute Gasteiger partial charge is 0.236 e. The number of aromatic nitrogens is 1. The first-order valence-electron chi connectivity index (χ1n) is 5.47. The average Bonchev–Trinajstić information content (AvgIpc) is 2.57. The van der Waals surface area contributed by atoms with Crippen LogP contribution in [0.3, 0.4) is 0 Å². The van der Waals surface area contributed by atoms with Crippen molar-refractivity contribution in [3.05, 3.63) is 28.8 Å². The summed E-state index contributed by atoms with van der Waals surface area (Å²) in [5.74, 6) is -0.146. The molecule has 0 fully saturated rings. The average molecular weight is 304 g/mol. The molecule has 0 bridgehead atoms. The first-order chi connectivity index (χ1) is 8.15. The van der Waals surface area contributed by atoms with Crippen LogP contribution in [0.4, 0.5) is 0 Å². The van der Waals surface area contributed by atoms with Crippen LogP contribution in [0.15, 0.2) is 18.2 Å². The fourth-order valence-electron chi connectivity index (χ4n) is 1.58. The lowest BCUT2D eigenvalue weighted by Crippen LogP contribution is -2.09. The van der Waals surface area contributed by atoms with Gasteiger partial charge in [-0.15, -0.1) is 11.3 Å². The Morgan fingerprint density at radius 2 is 2.00 bits per heavy atom. The molecule has 18 heavy (non-hydrogen) atoms. The summed E-state index contributed by atoms with van der Waals surface area (Å²) in [6, 6.07) is 5.45. The quantitative estimate of drug-likeness (QED) is 0.795. The molecule has 6 heteroatoms. The molecule has 0 radical (unpaired) electrons. The van der Waals surface area contributed by atoms with Crippen LogP contribution in [0.1, 0.15) is 31.3 Å². The Morgan fingerprint density at radius 1 is 1.33 bits per heavy atom. The fraction of sp³-hybridized carbons (Fsp3) is 0.417. The summed E-state index contributed by atoms with van der Waals surface area (Å²) in [6.45, 7) is 6.32. The van der Waals surface area contributed by atoms with Crippen molar-refractivity contribution in [2.45, 2.75) is 31.9 Å². The van der Waals surface area contributed by atoms with Crippen LogP contribution in [0, 0.1) is 0 Å². The lowest BCUT2D eigenvalue weighted by molar-refractivity contribution is 0.587. The van der Waals surface area contributed by atoms with Crippen molar-refractivity contribution in [2.24, 2.45) is 0 Å². The zero-order valence-electron chi connectivity index (χ0n) is 10.4. The third kappa shape index (κ3) is 3.22. The minimum absolute atomic E-state index is 0.00239. The van der Waals surface area contributed by atoms with E-state index in [9.17, 15) is 8.42 Å². The van der Waals surface area contributed by atoms with E-state index in [4.69, 9.17) is 10.7 Å². The summed E-state index contributed by atoms with van der Waals surface area (Å²) in [5, 5.41) is 1.04. The number of fused-ring (bicyclic) bond motifs is 1. The zero-order valence-corrected chi connectivity index (χ0v) is 12.8. The molecule has 0 aliphatic rings. The second kappa shape index (κ2) is 4.47. The number of halogens is 1. The van der Waals surface area contributed by atoms with Crippen molar-refractivity contribution in [3.63, 3.8) is 0 Å². The Balaban J connectivity index is 2.46. The Morgan fingerprint density at radius 3 is 2.56 bits per heavy atom. The first-order valence-corrected chi connectivity index (χ1v) is 8.77. The maximum absolute atomic E-state index is 11.1. The number of hydrogen-bond acceptors (Lipinski definition) is 4. The second-order valence-corrected chi connectivity index (χ2v) is 9.06. The summed E-state index contributed by atoms with van der Waals surface area (Å²) in [4.78, 5) is 4.56. The highest BCUT2D eigenvalue weighted by Gasteiger charge is 2.19. The molecule has 0 amide bonds. The van der Waals surface area contributed by atoms with E-state index >= 15 is 0 Å². The molecule has 0 atom stereocenters. The van der Waals surface area contributed by atoms with Crippen LogP contribution < -0.4 is 0 Å². The second-order valence-electron chi connectivity index (χ2n) is 5.25. The van der Waals surface area contributed by atoms with Crippen LogP contribution in [0.25, 0.3) is 10.2 Å². The molecule has 0 saturated carbocycles. The summed E-state index contributed by atoms with van der Waals surface area (Å²) in [5.41, 5.74) is 1.60. The monoisotopic (exact) mass is 303 g/mol. The molecular formula is C12H14ClNO2S2. The van der Waals surface area contributed by atoms with E-state index in [0.717, 1.165) is 15.2 Å². The molecule has 0 spiro atoms. The number of hydrogen-bond donors (Lipinski definition) is 0. The van der Waals surface area contributed by atoms with Crippen molar-refractivity contribution in [1.29, 1.82) is 0 Å². The van der Waals surface area contributed by atoms with E-state index in [1.165, 1.54) is 0 Å². The lowest BCUT2D eigenvalue weighted by atomic mass is 9.98. The Bertz CT molecular complexity index is 684. The van der Waals surface area contributed by atoms with Gasteiger partial charge in [-0.25, -0.2) is 13.4 Å². The summed E-state index contributed by atoms with van der Waals surface area (Å²) in [6.07, 6.45) is 0. The largest absolute Gasteiger partial charge is 0.241 e. The molecular weight excluding hydrogens is 290 g/mol. The van der Waals surface area contributed by atoms with Gasteiger partial charge in [-0.2, -0.15) is 0 Å². The summed E-state index contributed by atoms with van der Waals surface area (Å²) < 4.78 is 23.1. The minimum atomic E-state index is -3.51. The van der Waals surface area contributed by atoms with E-state index in [0.29, 0.717) is 5.56 Å². The fourth-order valence-corrected chi connectivity index (χ4v) is 3.62. The molecule has 1 heterocycles. The van der Waals surface area contributed by atoms with Crippen LogP contribution >= 0.6 is 22.0 Å². The molecule has 1 aromatic heterocycles. The van der Waals surface area contributed by atoms with E-state index in [-0.39, 0.29) is 11.2 Å². The van der Waals surface area contributed by atoms with Crippen molar-refractivity contribution < 1.29 is 8.42 Å². The number of thiazole rings is 1. The summed E-state index contributed by atoms with van der Waals surface area (Å²) >= 11 is 1.60. The van der Waals surface area contributed by atoms with E-state index in [1.54, 1.807) is 17.4 Å². The van der Waals surface area contributed by atoms with Gasteiger partial charge >= 0.3 is 0 Å². The molecule has 0 N–H and O–H groups in total. The molecule has 0 saturated heterocycles. The predicted molar refractivity (Wildman–Crippen MR) is 76.8 cm³/mol. The molecule has 1 aromatic carbocycles. The van der Waals surface area contributed by atoms with Crippen LogP contribution in [0.2, 0.25) is 0 Å². The van der Waals surface area contributed by atoms with Gasteiger partial charge in [0.15, 0.2) is 0 Å². The Kier molecular flexibility index (Phi) is 3.42. The molecule has 2 aromatic rings. The Hall–Kier alpha value is -0.650. The zero-order chi connectivity index (χ0) is 13.6. The SMILES string of the molecule is CC(C)(C)c1nc2ccc(CS(=O)(=O)Cl)cc2s1. The van der Waals surface area contributed by atoms with Crippen molar-refractivity contribution >= 4 is 41.3 Å². The maximum atomic E-state index is 11.1.